The van der Waals surface area contributed by atoms with Gasteiger partial charge in [-0.25, -0.2) is 4.98 Å². The van der Waals surface area contributed by atoms with Crippen LogP contribution in [0.25, 0.3) is 10.9 Å². The third-order valence-corrected chi connectivity index (χ3v) is 4.28. The van der Waals surface area contributed by atoms with Gasteiger partial charge in [-0.15, -0.1) is 0 Å². The van der Waals surface area contributed by atoms with Gasteiger partial charge in [0, 0.05) is 22.8 Å². The SMILES string of the molecule is COc1ccc(Nc2nc(Nc3cccc(OC)c3)nc3ccccc23)cc1. The highest BCUT2D eigenvalue weighted by atomic mass is 16.5. The number of methoxy groups -OCH3 is 2. The number of para-hydroxylation sites is 1. The molecular weight excluding hydrogens is 352 g/mol. The van der Waals surface area contributed by atoms with Gasteiger partial charge in [0.15, 0.2) is 0 Å². The fourth-order valence-corrected chi connectivity index (χ4v) is 2.87. The zero-order valence-electron chi connectivity index (χ0n) is 15.6. The smallest absolute Gasteiger partial charge is 0.229 e. The van der Waals surface area contributed by atoms with E-state index < -0.39 is 0 Å². The van der Waals surface area contributed by atoms with Crippen LogP contribution in [0.2, 0.25) is 0 Å². The first-order valence-electron chi connectivity index (χ1n) is 8.84. The number of anilines is 4. The summed E-state index contributed by atoms with van der Waals surface area (Å²) in [6.07, 6.45) is 0. The average Bonchev–Trinajstić information content (AvgIpc) is 2.74. The highest BCUT2D eigenvalue weighted by molar-refractivity contribution is 5.92. The predicted molar refractivity (Wildman–Crippen MR) is 112 cm³/mol. The Bertz CT molecular complexity index is 1100. The van der Waals surface area contributed by atoms with Gasteiger partial charge in [0.25, 0.3) is 0 Å². The second kappa shape index (κ2) is 7.84. The number of fused-ring (bicyclic) bond motifs is 1. The molecule has 0 aliphatic carbocycles. The monoisotopic (exact) mass is 372 g/mol. The Morgan fingerprint density at radius 1 is 0.679 bits per heavy atom. The van der Waals surface area contributed by atoms with E-state index in [2.05, 4.69) is 20.6 Å². The molecule has 6 heteroatoms. The normalized spacial score (nSPS) is 10.5. The van der Waals surface area contributed by atoms with Crippen molar-refractivity contribution in [3.63, 3.8) is 0 Å². The molecule has 2 N–H and O–H groups in total. The van der Waals surface area contributed by atoms with Crippen LogP contribution in [-0.2, 0) is 0 Å². The van der Waals surface area contributed by atoms with E-state index in [9.17, 15) is 0 Å². The fraction of sp³-hybridized carbons (Fsp3) is 0.0909. The zero-order chi connectivity index (χ0) is 19.3. The molecule has 0 amide bonds. The second-order valence-electron chi connectivity index (χ2n) is 6.12. The molecule has 1 aromatic heterocycles. The molecule has 0 aliphatic heterocycles. The van der Waals surface area contributed by atoms with E-state index in [1.165, 1.54) is 0 Å². The number of rotatable bonds is 6. The largest absolute Gasteiger partial charge is 0.497 e. The molecular formula is C22H20N4O2. The van der Waals surface area contributed by atoms with Crippen molar-refractivity contribution < 1.29 is 9.47 Å². The topological polar surface area (TPSA) is 68.3 Å². The molecule has 0 bridgehead atoms. The van der Waals surface area contributed by atoms with Gasteiger partial charge in [-0.3, -0.25) is 0 Å². The summed E-state index contributed by atoms with van der Waals surface area (Å²) in [5, 5.41) is 7.57. The van der Waals surface area contributed by atoms with Gasteiger partial charge < -0.3 is 20.1 Å². The molecule has 0 saturated carbocycles. The van der Waals surface area contributed by atoms with Crippen molar-refractivity contribution in [2.75, 3.05) is 24.9 Å². The highest BCUT2D eigenvalue weighted by Gasteiger charge is 2.09. The molecule has 0 spiro atoms. The summed E-state index contributed by atoms with van der Waals surface area (Å²) in [4.78, 5) is 9.32. The first-order valence-corrected chi connectivity index (χ1v) is 8.84. The molecule has 0 aliphatic rings. The van der Waals surface area contributed by atoms with Gasteiger partial charge in [0.2, 0.25) is 5.95 Å². The van der Waals surface area contributed by atoms with E-state index in [0.717, 1.165) is 39.6 Å². The average molecular weight is 372 g/mol. The Kier molecular flexibility index (Phi) is 4.93. The number of ether oxygens (including phenoxy) is 2. The zero-order valence-corrected chi connectivity index (χ0v) is 15.6. The Morgan fingerprint density at radius 2 is 1.46 bits per heavy atom. The van der Waals surface area contributed by atoms with Crippen LogP contribution in [0.1, 0.15) is 0 Å². The lowest BCUT2D eigenvalue weighted by molar-refractivity contribution is 0.415. The van der Waals surface area contributed by atoms with E-state index in [0.29, 0.717) is 5.95 Å². The molecule has 0 saturated heterocycles. The fourth-order valence-electron chi connectivity index (χ4n) is 2.87. The summed E-state index contributed by atoms with van der Waals surface area (Å²) in [7, 11) is 3.29. The molecule has 0 radical (unpaired) electrons. The lowest BCUT2D eigenvalue weighted by Gasteiger charge is -2.12. The molecule has 0 atom stereocenters. The first kappa shape index (κ1) is 17.6. The van der Waals surface area contributed by atoms with Gasteiger partial charge in [-0.2, -0.15) is 4.98 Å². The first-order chi connectivity index (χ1) is 13.7. The van der Waals surface area contributed by atoms with Gasteiger partial charge in [0.05, 0.1) is 19.7 Å². The van der Waals surface area contributed by atoms with Crippen molar-refractivity contribution >= 4 is 34.0 Å². The number of aromatic nitrogens is 2. The summed E-state index contributed by atoms with van der Waals surface area (Å²) in [5.41, 5.74) is 2.61. The minimum absolute atomic E-state index is 0.503. The van der Waals surface area contributed by atoms with E-state index in [-0.39, 0.29) is 0 Å². The quantitative estimate of drug-likeness (QED) is 0.489. The van der Waals surface area contributed by atoms with Crippen LogP contribution in [0.5, 0.6) is 11.5 Å². The molecule has 1 heterocycles. The lowest BCUT2D eigenvalue weighted by atomic mass is 10.2. The maximum absolute atomic E-state index is 5.28. The molecule has 0 unspecified atom stereocenters. The van der Waals surface area contributed by atoms with E-state index in [1.54, 1.807) is 14.2 Å². The molecule has 140 valence electrons. The number of hydrogen-bond donors (Lipinski definition) is 2. The van der Waals surface area contributed by atoms with Crippen LogP contribution in [0, 0.1) is 0 Å². The Hall–Kier alpha value is -3.80. The molecule has 0 fully saturated rings. The Balaban J connectivity index is 1.70. The van der Waals surface area contributed by atoms with E-state index in [4.69, 9.17) is 9.47 Å². The van der Waals surface area contributed by atoms with Gasteiger partial charge in [-0.05, 0) is 48.5 Å². The minimum atomic E-state index is 0.503. The van der Waals surface area contributed by atoms with Crippen LogP contribution >= 0.6 is 0 Å². The van der Waals surface area contributed by atoms with Crippen LogP contribution < -0.4 is 20.1 Å². The van der Waals surface area contributed by atoms with Crippen LogP contribution in [0.4, 0.5) is 23.1 Å². The molecule has 4 rings (SSSR count). The minimum Gasteiger partial charge on any atom is -0.497 e. The van der Waals surface area contributed by atoms with Crippen molar-refractivity contribution in [1.29, 1.82) is 0 Å². The van der Waals surface area contributed by atoms with Crippen LogP contribution in [0.15, 0.2) is 72.8 Å². The molecule has 3 aromatic carbocycles. The third-order valence-electron chi connectivity index (χ3n) is 4.28. The van der Waals surface area contributed by atoms with E-state index in [1.807, 2.05) is 72.8 Å². The number of hydrogen-bond acceptors (Lipinski definition) is 6. The van der Waals surface area contributed by atoms with Crippen molar-refractivity contribution in [3.8, 4) is 11.5 Å². The van der Waals surface area contributed by atoms with Crippen molar-refractivity contribution in [3.05, 3.63) is 72.8 Å². The summed E-state index contributed by atoms with van der Waals surface area (Å²) in [6, 6.07) is 23.2. The standard InChI is InChI=1S/C22H20N4O2/c1-27-17-12-10-15(11-13-17)23-21-19-8-3-4-9-20(19)25-22(26-21)24-16-6-5-7-18(14-16)28-2/h3-14H,1-2H3,(H2,23,24,25,26). The highest BCUT2D eigenvalue weighted by Crippen LogP contribution is 2.27. The molecule has 6 nitrogen and oxygen atoms in total. The number of benzene rings is 3. The number of nitrogens with one attached hydrogen (secondary N) is 2. The summed E-state index contributed by atoms with van der Waals surface area (Å²) in [6.45, 7) is 0. The van der Waals surface area contributed by atoms with Crippen molar-refractivity contribution in [2.45, 2.75) is 0 Å². The van der Waals surface area contributed by atoms with Gasteiger partial charge >= 0.3 is 0 Å². The number of nitrogens with zero attached hydrogens (tertiary/aromatic N) is 2. The summed E-state index contributed by atoms with van der Waals surface area (Å²) in [5.74, 6) is 2.80. The van der Waals surface area contributed by atoms with Gasteiger partial charge in [-0.1, -0.05) is 18.2 Å². The second-order valence-corrected chi connectivity index (χ2v) is 6.12. The summed E-state index contributed by atoms with van der Waals surface area (Å²) < 4.78 is 10.5. The molecule has 28 heavy (non-hydrogen) atoms. The van der Waals surface area contributed by atoms with Crippen molar-refractivity contribution in [1.82, 2.24) is 9.97 Å². The lowest BCUT2D eigenvalue weighted by Crippen LogP contribution is -2.02. The maximum atomic E-state index is 5.28. The summed E-state index contributed by atoms with van der Waals surface area (Å²) >= 11 is 0. The third kappa shape index (κ3) is 3.81. The Labute approximate surface area is 163 Å². The molecule has 4 aromatic rings. The van der Waals surface area contributed by atoms with Gasteiger partial charge in [0.1, 0.15) is 17.3 Å². The Morgan fingerprint density at radius 3 is 2.25 bits per heavy atom. The maximum Gasteiger partial charge on any atom is 0.229 e. The van der Waals surface area contributed by atoms with Crippen LogP contribution in [-0.4, -0.2) is 24.2 Å². The van der Waals surface area contributed by atoms with Crippen LogP contribution in [0.3, 0.4) is 0 Å². The van der Waals surface area contributed by atoms with Crippen molar-refractivity contribution in [2.24, 2.45) is 0 Å². The predicted octanol–water partition coefficient (Wildman–Crippen LogP) is 5.13. The van der Waals surface area contributed by atoms with E-state index >= 15 is 0 Å².